The van der Waals surface area contributed by atoms with E-state index in [2.05, 4.69) is 20.8 Å². The molecule has 0 aliphatic heterocycles. The summed E-state index contributed by atoms with van der Waals surface area (Å²) in [5.41, 5.74) is 2.90. The van der Waals surface area contributed by atoms with Gasteiger partial charge in [0, 0.05) is 31.2 Å². The van der Waals surface area contributed by atoms with Crippen LogP contribution in [0.25, 0.3) is 0 Å². The lowest BCUT2D eigenvalue weighted by atomic mass is 10.2. The molecule has 0 aliphatic carbocycles. The molecule has 0 spiro atoms. The molecular formula is C22H25N5O2. The first-order valence-corrected chi connectivity index (χ1v) is 9.37. The molecule has 3 aromatic rings. The standard InChI is InChI=1S/C22H25N5O2/c1-15(2)29-19-11-7-17(8-12-19)24-22(28)20-13-14-21(26-25-20)23-16-5-9-18(10-6-16)27(3)4/h5-15H,1-4H3,(H,23,26)(H,24,28). The first-order valence-electron chi connectivity index (χ1n) is 9.37. The van der Waals surface area contributed by atoms with Crippen LogP contribution in [0.5, 0.6) is 5.75 Å². The van der Waals surface area contributed by atoms with E-state index >= 15 is 0 Å². The van der Waals surface area contributed by atoms with Crippen molar-refractivity contribution < 1.29 is 9.53 Å². The molecule has 1 aromatic heterocycles. The lowest BCUT2D eigenvalue weighted by Crippen LogP contribution is -2.14. The smallest absolute Gasteiger partial charge is 0.276 e. The van der Waals surface area contributed by atoms with Gasteiger partial charge < -0.3 is 20.3 Å². The van der Waals surface area contributed by atoms with Gasteiger partial charge in [-0.1, -0.05) is 0 Å². The van der Waals surface area contributed by atoms with Gasteiger partial charge in [0.2, 0.25) is 0 Å². The molecule has 0 aliphatic rings. The molecule has 1 heterocycles. The lowest BCUT2D eigenvalue weighted by molar-refractivity contribution is 0.102. The van der Waals surface area contributed by atoms with Crippen LogP contribution in [0.4, 0.5) is 22.9 Å². The van der Waals surface area contributed by atoms with Gasteiger partial charge in [-0.15, -0.1) is 10.2 Å². The minimum absolute atomic E-state index is 0.101. The number of carbonyl (C=O) groups is 1. The van der Waals surface area contributed by atoms with Crippen molar-refractivity contribution in [3.05, 3.63) is 66.4 Å². The summed E-state index contributed by atoms with van der Waals surface area (Å²) in [5, 5.41) is 14.1. The van der Waals surface area contributed by atoms with Gasteiger partial charge in [0.1, 0.15) is 5.75 Å². The normalized spacial score (nSPS) is 10.5. The minimum Gasteiger partial charge on any atom is -0.491 e. The summed E-state index contributed by atoms with van der Waals surface area (Å²) in [5.74, 6) is 0.998. The van der Waals surface area contributed by atoms with E-state index in [1.54, 1.807) is 24.3 Å². The highest BCUT2D eigenvalue weighted by molar-refractivity contribution is 6.02. The second-order valence-electron chi connectivity index (χ2n) is 7.02. The maximum atomic E-state index is 12.4. The van der Waals surface area contributed by atoms with Crippen molar-refractivity contribution >= 4 is 28.8 Å². The summed E-state index contributed by atoms with van der Waals surface area (Å²) in [6.07, 6.45) is 0.101. The third-order valence-corrected chi connectivity index (χ3v) is 4.04. The van der Waals surface area contributed by atoms with Gasteiger partial charge in [-0.05, 0) is 74.5 Å². The number of anilines is 4. The van der Waals surface area contributed by atoms with Crippen LogP contribution in [0.3, 0.4) is 0 Å². The van der Waals surface area contributed by atoms with Crippen LogP contribution < -0.4 is 20.3 Å². The van der Waals surface area contributed by atoms with Gasteiger partial charge in [-0.3, -0.25) is 4.79 Å². The van der Waals surface area contributed by atoms with Gasteiger partial charge >= 0.3 is 0 Å². The highest BCUT2D eigenvalue weighted by atomic mass is 16.5. The molecule has 7 nitrogen and oxygen atoms in total. The predicted molar refractivity (Wildman–Crippen MR) is 116 cm³/mol. The van der Waals surface area contributed by atoms with Crippen LogP contribution in [-0.4, -0.2) is 36.3 Å². The molecular weight excluding hydrogens is 366 g/mol. The van der Waals surface area contributed by atoms with Crippen molar-refractivity contribution in [1.29, 1.82) is 0 Å². The summed E-state index contributed by atoms with van der Waals surface area (Å²) < 4.78 is 5.59. The minimum atomic E-state index is -0.322. The van der Waals surface area contributed by atoms with Crippen LogP contribution >= 0.6 is 0 Å². The quantitative estimate of drug-likeness (QED) is 0.624. The highest BCUT2D eigenvalue weighted by Gasteiger charge is 2.09. The fourth-order valence-electron chi connectivity index (χ4n) is 2.59. The topological polar surface area (TPSA) is 79.4 Å². The number of benzene rings is 2. The number of nitrogens with one attached hydrogen (secondary N) is 2. The Morgan fingerprint density at radius 1 is 0.897 bits per heavy atom. The first-order chi connectivity index (χ1) is 13.9. The van der Waals surface area contributed by atoms with Gasteiger partial charge in [0.15, 0.2) is 11.5 Å². The zero-order valence-corrected chi connectivity index (χ0v) is 17.0. The van der Waals surface area contributed by atoms with Gasteiger partial charge in [0.25, 0.3) is 5.91 Å². The summed E-state index contributed by atoms with van der Waals surface area (Å²) in [4.78, 5) is 14.4. The van der Waals surface area contributed by atoms with Crippen molar-refractivity contribution in [3.8, 4) is 5.75 Å². The van der Waals surface area contributed by atoms with Crippen molar-refractivity contribution in [2.75, 3.05) is 29.6 Å². The fraction of sp³-hybridized carbons (Fsp3) is 0.227. The van der Waals surface area contributed by atoms with E-state index in [9.17, 15) is 4.79 Å². The summed E-state index contributed by atoms with van der Waals surface area (Å²) in [7, 11) is 3.98. The van der Waals surface area contributed by atoms with E-state index in [1.807, 2.05) is 69.2 Å². The second kappa shape index (κ2) is 9.05. The summed E-state index contributed by atoms with van der Waals surface area (Å²) in [6, 6.07) is 18.5. The summed E-state index contributed by atoms with van der Waals surface area (Å²) >= 11 is 0. The molecule has 0 bridgehead atoms. The van der Waals surface area contributed by atoms with E-state index in [0.29, 0.717) is 11.5 Å². The molecule has 29 heavy (non-hydrogen) atoms. The molecule has 0 atom stereocenters. The van der Waals surface area contributed by atoms with Crippen molar-refractivity contribution in [3.63, 3.8) is 0 Å². The zero-order chi connectivity index (χ0) is 20.8. The third-order valence-electron chi connectivity index (χ3n) is 4.04. The number of nitrogens with zero attached hydrogens (tertiary/aromatic N) is 3. The number of aromatic nitrogens is 2. The second-order valence-corrected chi connectivity index (χ2v) is 7.02. The Labute approximate surface area is 170 Å². The van der Waals surface area contributed by atoms with Crippen LogP contribution in [0.2, 0.25) is 0 Å². The number of rotatable bonds is 7. The van der Waals surface area contributed by atoms with Crippen LogP contribution in [0.1, 0.15) is 24.3 Å². The molecule has 0 saturated heterocycles. The van der Waals surface area contributed by atoms with Crippen LogP contribution in [0, 0.1) is 0 Å². The number of hydrogen-bond donors (Lipinski definition) is 2. The van der Waals surface area contributed by atoms with Crippen molar-refractivity contribution in [2.45, 2.75) is 20.0 Å². The van der Waals surface area contributed by atoms with Crippen molar-refractivity contribution in [2.24, 2.45) is 0 Å². The van der Waals surface area contributed by atoms with E-state index < -0.39 is 0 Å². The predicted octanol–water partition coefficient (Wildman–Crippen LogP) is 4.33. The van der Waals surface area contributed by atoms with Gasteiger partial charge in [0.05, 0.1) is 6.10 Å². The molecule has 2 N–H and O–H groups in total. The van der Waals surface area contributed by atoms with E-state index in [0.717, 1.165) is 17.1 Å². The molecule has 0 fully saturated rings. The van der Waals surface area contributed by atoms with E-state index in [-0.39, 0.29) is 17.7 Å². The molecule has 0 unspecified atom stereocenters. The lowest BCUT2D eigenvalue weighted by Gasteiger charge is -2.13. The molecule has 1 amide bonds. The maximum absolute atomic E-state index is 12.4. The molecule has 0 saturated carbocycles. The Morgan fingerprint density at radius 3 is 2.10 bits per heavy atom. The van der Waals surface area contributed by atoms with Crippen LogP contribution in [-0.2, 0) is 0 Å². The number of carbonyl (C=O) groups excluding carboxylic acids is 1. The number of hydrogen-bond acceptors (Lipinski definition) is 6. The number of ether oxygens (including phenoxy) is 1. The zero-order valence-electron chi connectivity index (χ0n) is 17.0. The van der Waals surface area contributed by atoms with Gasteiger partial charge in [-0.25, -0.2) is 0 Å². The van der Waals surface area contributed by atoms with Crippen molar-refractivity contribution in [1.82, 2.24) is 10.2 Å². The average Bonchev–Trinajstić information content (AvgIpc) is 2.70. The summed E-state index contributed by atoms with van der Waals surface area (Å²) in [6.45, 7) is 3.93. The Balaban J connectivity index is 1.59. The van der Waals surface area contributed by atoms with E-state index in [1.165, 1.54) is 0 Å². The molecule has 0 radical (unpaired) electrons. The Morgan fingerprint density at radius 2 is 1.55 bits per heavy atom. The van der Waals surface area contributed by atoms with Gasteiger partial charge in [-0.2, -0.15) is 0 Å². The number of amides is 1. The Bertz CT molecular complexity index is 936. The fourth-order valence-corrected chi connectivity index (χ4v) is 2.59. The average molecular weight is 391 g/mol. The largest absolute Gasteiger partial charge is 0.491 e. The molecule has 3 rings (SSSR count). The third kappa shape index (κ3) is 5.68. The van der Waals surface area contributed by atoms with Crippen LogP contribution in [0.15, 0.2) is 60.7 Å². The Kier molecular flexibility index (Phi) is 6.29. The monoisotopic (exact) mass is 391 g/mol. The Hall–Kier alpha value is -3.61. The highest BCUT2D eigenvalue weighted by Crippen LogP contribution is 2.19. The van der Waals surface area contributed by atoms with E-state index in [4.69, 9.17) is 4.74 Å². The molecule has 150 valence electrons. The molecule has 7 heteroatoms. The SMILES string of the molecule is CC(C)Oc1ccc(NC(=O)c2ccc(Nc3ccc(N(C)C)cc3)nn2)cc1. The first kappa shape index (κ1) is 20.1. The molecule has 2 aromatic carbocycles. The maximum Gasteiger partial charge on any atom is 0.276 e.